The van der Waals surface area contributed by atoms with E-state index in [1.54, 1.807) is 13.3 Å². The molecule has 0 aliphatic carbocycles. The number of nitrogens with zero attached hydrogens (tertiary/aromatic N) is 2. The Hall–Kier alpha value is -3.12. The van der Waals surface area contributed by atoms with E-state index in [1.165, 1.54) is 5.56 Å². The topological polar surface area (TPSA) is 71.7 Å². The SMILES string of the molecule is CN=C(NCc1coc(-c2ccccc2)n1)NCC(C)COCc1ccccc1. The maximum Gasteiger partial charge on any atom is 0.226 e. The highest BCUT2D eigenvalue weighted by atomic mass is 16.5. The second kappa shape index (κ2) is 11.0. The molecule has 2 aromatic carbocycles. The van der Waals surface area contributed by atoms with Crippen molar-refractivity contribution in [2.45, 2.75) is 20.1 Å². The van der Waals surface area contributed by atoms with Gasteiger partial charge in [0.25, 0.3) is 0 Å². The van der Waals surface area contributed by atoms with Gasteiger partial charge in [-0.15, -0.1) is 0 Å². The van der Waals surface area contributed by atoms with Crippen LogP contribution in [0.25, 0.3) is 11.5 Å². The van der Waals surface area contributed by atoms with Gasteiger partial charge in [0.1, 0.15) is 6.26 Å². The number of aromatic nitrogens is 1. The molecule has 0 fully saturated rings. The molecule has 2 N–H and O–H groups in total. The fraction of sp³-hybridized carbons (Fsp3) is 0.304. The zero-order valence-corrected chi connectivity index (χ0v) is 17.0. The number of nitrogens with one attached hydrogen (secondary N) is 2. The van der Waals surface area contributed by atoms with Crippen molar-refractivity contribution >= 4 is 5.96 Å². The highest BCUT2D eigenvalue weighted by molar-refractivity contribution is 5.79. The van der Waals surface area contributed by atoms with Gasteiger partial charge in [-0.2, -0.15) is 0 Å². The van der Waals surface area contributed by atoms with Gasteiger partial charge in [-0.25, -0.2) is 4.98 Å². The third-order valence-corrected chi connectivity index (χ3v) is 4.36. The van der Waals surface area contributed by atoms with Gasteiger partial charge >= 0.3 is 0 Å². The highest BCUT2D eigenvalue weighted by Gasteiger charge is 2.08. The van der Waals surface area contributed by atoms with E-state index in [1.807, 2.05) is 48.5 Å². The molecule has 0 bridgehead atoms. The first kappa shape index (κ1) is 20.6. The van der Waals surface area contributed by atoms with Crippen LogP contribution >= 0.6 is 0 Å². The van der Waals surface area contributed by atoms with Crippen LogP contribution in [0.15, 0.2) is 76.3 Å². The lowest BCUT2D eigenvalue weighted by Crippen LogP contribution is -2.39. The van der Waals surface area contributed by atoms with E-state index in [-0.39, 0.29) is 0 Å². The zero-order chi connectivity index (χ0) is 20.3. The predicted molar refractivity (Wildman–Crippen MR) is 115 cm³/mol. The van der Waals surface area contributed by atoms with Gasteiger partial charge in [0.05, 0.1) is 25.5 Å². The summed E-state index contributed by atoms with van der Waals surface area (Å²) in [6, 6.07) is 20.1. The van der Waals surface area contributed by atoms with Gasteiger partial charge in [0.2, 0.25) is 5.89 Å². The largest absolute Gasteiger partial charge is 0.444 e. The average Bonchev–Trinajstić information content (AvgIpc) is 3.24. The molecule has 152 valence electrons. The molecule has 0 saturated carbocycles. The number of guanidine groups is 1. The van der Waals surface area contributed by atoms with Crippen LogP contribution in [0.4, 0.5) is 0 Å². The minimum Gasteiger partial charge on any atom is -0.444 e. The monoisotopic (exact) mass is 392 g/mol. The Morgan fingerprint density at radius 3 is 2.52 bits per heavy atom. The van der Waals surface area contributed by atoms with Crippen molar-refractivity contribution in [2.24, 2.45) is 10.9 Å². The summed E-state index contributed by atoms with van der Waals surface area (Å²) < 4.78 is 11.4. The minimum atomic E-state index is 0.356. The summed E-state index contributed by atoms with van der Waals surface area (Å²) in [7, 11) is 1.75. The molecule has 1 aromatic heterocycles. The van der Waals surface area contributed by atoms with Gasteiger partial charge in [0.15, 0.2) is 5.96 Å². The molecule has 0 saturated heterocycles. The number of hydrogen-bond donors (Lipinski definition) is 2. The number of benzene rings is 2. The molecule has 29 heavy (non-hydrogen) atoms. The second-order valence-corrected chi connectivity index (χ2v) is 6.92. The van der Waals surface area contributed by atoms with Gasteiger partial charge in [0, 0.05) is 19.2 Å². The van der Waals surface area contributed by atoms with E-state index in [0.717, 1.165) is 23.8 Å². The molecule has 1 heterocycles. The number of rotatable bonds is 9. The Morgan fingerprint density at radius 1 is 1.07 bits per heavy atom. The van der Waals surface area contributed by atoms with Crippen LogP contribution in [-0.4, -0.2) is 31.1 Å². The minimum absolute atomic E-state index is 0.356. The molecule has 6 nitrogen and oxygen atoms in total. The molecule has 0 aliphatic heterocycles. The zero-order valence-electron chi connectivity index (χ0n) is 17.0. The lowest BCUT2D eigenvalue weighted by Gasteiger charge is -2.16. The lowest BCUT2D eigenvalue weighted by molar-refractivity contribution is 0.0931. The summed E-state index contributed by atoms with van der Waals surface area (Å²) in [6.07, 6.45) is 1.67. The van der Waals surface area contributed by atoms with Crippen LogP contribution in [-0.2, 0) is 17.9 Å². The fourth-order valence-electron chi connectivity index (χ4n) is 2.78. The Labute approximate surface area is 172 Å². The van der Waals surface area contributed by atoms with Crippen LogP contribution in [0, 0.1) is 5.92 Å². The summed E-state index contributed by atoms with van der Waals surface area (Å²) in [5.74, 6) is 1.70. The third-order valence-electron chi connectivity index (χ3n) is 4.36. The highest BCUT2D eigenvalue weighted by Crippen LogP contribution is 2.17. The van der Waals surface area contributed by atoms with E-state index in [9.17, 15) is 0 Å². The van der Waals surface area contributed by atoms with Crippen molar-refractivity contribution in [3.63, 3.8) is 0 Å². The molecule has 3 aromatic rings. The summed E-state index contributed by atoms with van der Waals surface area (Å²) in [5.41, 5.74) is 2.98. The number of aliphatic imine (C=N–C) groups is 1. The van der Waals surface area contributed by atoms with E-state index in [4.69, 9.17) is 9.15 Å². The van der Waals surface area contributed by atoms with E-state index < -0.39 is 0 Å². The lowest BCUT2D eigenvalue weighted by atomic mass is 10.2. The molecular weight excluding hydrogens is 364 g/mol. The predicted octanol–water partition coefficient (Wildman–Crippen LogP) is 3.86. The molecule has 1 atom stereocenters. The first-order chi connectivity index (χ1) is 14.2. The van der Waals surface area contributed by atoms with Crippen LogP contribution in [0.5, 0.6) is 0 Å². The molecule has 0 spiro atoms. The van der Waals surface area contributed by atoms with Crippen molar-refractivity contribution in [3.8, 4) is 11.5 Å². The van der Waals surface area contributed by atoms with Gasteiger partial charge in [-0.3, -0.25) is 4.99 Å². The first-order valence-corrected chi connectivity index (χ1v) is 9.80. The number of hydrogen-bond acceptors (Lipinski definition) is 4. The van der Waals surface area contributed by atoms with Crippen LogP contribution in [0.2, 0.25) is 0 Å². The normalized spacial score (nSPS) is 12.6. The quantitative estimate of drug-likeness (QED) is 0.427. The summed E-state index contributed by atoms with van der Waals surface area (Å²) in [4.78, 5) is 8.78. The summed E-state index contributed by atoms with van der Waals surface area (Å²) in [5, 5.41) is 6.59. The maximum atomic E-state index is 5.80. The summed E-state index contributed by atoms with van der Waals surface area (Å²) in [6.45, 7) is 4.77. The van der Waals surface area contributed by atoms with E-state index in [0.29, 0.717) is 31.6 Å². The Bertz CT molecular complexity index is 878. The van der Waals surface area contributed by atoms with Gasteiger partial charge in [-0.1, -0.05) is 55.5 Å². The Kier molecular flexibility index (Phi) is 7.83. The van der Waals surface area contributed by atoms with Crippen LogP contribution in [0.1, 0.15) is 18.2 Å². The second-order valence-electron chi connectivity index (χ2n) is 6.92. The van der Waals surface area contributed by atoms with Gasteiger partial charge in [-0.05, 0) is 23.6 Å². The number of ether oxygens (including phenoxy) is 1. The van der Waals surface area contributed by atoms with Crippen molar-refractivity contribution < 1.29 is 9.15 Å². The molecule has 0 radical (unpaired) electrons. The molecule has 0 amide bonds. The molecule has 0 aliphatic rings. The van der Waals surface area contributed by atoms with Gasteiger partial charge < -0.3 is 19.8 Å². The first-order valence-electron chi connectivity index (χ1n) is 9.80. The van der Waals surface area contributed by atoms with Crippen molar-refractivity contribution in [3.05, 3.63) is 78.2 Å². The fourth-order valence-corrected chi connectivity index (χ4v) is 2.78. The molecule has 1 unspecified atom stereocenters. The Balaban J connectivity index is 1.37. The molecule has 6 heteroatoms. The van der Waals surface area contributed by atoms with Crippen LogP contribution in [0.3, 0.4) is 0 Å². The Morgan fingerprint density at radius 2 is 1.79 bits per heavy atom. The molecular formula is C23H28N4O2. The summed E-state index contributed by atoms with van der Waals surface area (Å²) >= 11 is 0. The number of oxazole rings is 1. The van der Waals surface area contributed by atoms with Crippen LogP contribution < -0.4 is 10.6 Å². The average molecular weight is 393 g/mol. The van der Waals surface area contributed by atoms with Crippen molar-refractivity contribution in [1.82, 2.24) is 15.6 Å². The smallest absolute Gasteiger partial charge is 0.226 e. The van der Waals surface area contributed by atoms with E-state index in [2.05, 4.69) is 39.7 Å². The van der Waals surface area contributed by atoms with Crippen molar-refractivity contribution in [1.29, 1.82) is 0 Å². The standard InChI is InChI=1S/C23H28N4O2/c1-18(15-28-16-19-9-5-3-6-10-19)13-25-23(24-2)26-14-21-17-29-22(27-21)20-11-7-4-8-12-20/h3-12,17-18H,13-16H2,1-2H3,(H2,24,25,26). The van der Waals surface area contributed by atoms with Crippen molar-refractivity contribution in [2.75, 3.05) is 20.2 Å². The maximum absolute atomic E-state index is 5.80. The molecule has 3 rings (SSSR count). The third kappa shape index (κ3) is 6.76. The van der Waals surface area contributed by atoms with E-state index >= 15 is 0 Å².